The van der Waals surface area contributed by atoms with E-state index in [0.717, 1.165) is 31.2 Å². The summed E-state index contributed by atoms with van der Waals surface area (Å²) in [5, 5.41) is 2.44. The van der Waals surface area contributed by atoms with Gasteiger partial charge in [-0.05, 0) is 25.0 Å². The molecule has 2 aromatic rings. The van der Waals surface area contributed by atoms with Crippen LogP contribution in [0.5, 0.6) is 0 Å². The highest BCUT2D eigenvalue weighted by Crippen LogP contribution is 2.28. The maximum absolute atomic E-state index is 12.4. The second-order valence-corrected chi connectivity index (χ2v) is 5.34. The van der Waals surface area contributed by atoms with E-state index in [9.17, 15) is 18.0 Å². The molecule has 128 valence electrons. The lowest BCUT2D eigenvalue weighted by Crippen LogP contribution is -2.16. The Morgan fingerprint density at radius 3 is 2.62 bits per heavy atom. The first-order valence-electron chi connectivity index (χ1n) is 7.31. The van der Waals surface area contributed by atoms with Crippen LogP contribution in [0.25, 0.3) is 0 Å². The number of nitrogens with zero attached hydrogens (tertiary/aromatic N) is 2. The van der Waals surface area contributed by atoms with Gasteiger partial charge in [-0.15, -0.1) is 0 Å². The number of aromatic nitrogens is 2. The third-order valence-electron chi connectivity index (χ3n) is 3.64. The lowest BCUT2D eigenvalue weighted by molar-refractivity contribution is -0.141. The van der Waals surface area contributed by atoms with Crippen LogP contribution in [0, 0.1) is 0 Å². The van der Waals surface area contributed by atoms with Crippen LogP contribution in [0.1, 0.15) is 40.8 Å². The quantitative estimate of drug-likeness (QED) is 0.927. The van der Waals surface area contributed by atoms with Crippen LogP contribution in [0.15, 0.2) is 29.0 Å². The first-order valence-corrected chi connectivity index (χ1v) is 7.31. The van der Waals surface area contributed by atoms with E-state index in [1.807, 2.05) is 0 Å². The lowest BCUT2D eigenvalue weighted by atomic mass is 10.0. The highest BCUT2D eigenvalue weighted by atomic mass is 19.4. The van der Waals surface area contributed by atoms with Gasteiger partial charge in [0.2, 0.25) is 0 Å². The van der Waals surface area contributed by atoms with E-state index in [1.165, 1.54) is 6.26 Å². The van der Waals surface area contributed by atoms with Crippen molar-refractivity contribution in [2.75, 3.05) is 18.5 Å². The van der Waals surface area contributed by atoms with Crippen LogP contribution in [-0.4, -0.2) is 29.1 Å². The molecule has 0 saturated carbocycles. The van der Waals surface area contributed by atoms with E-state index in [2.05, 4.69) is 15.3 Å². The second kappa shape index (κ2) is 6.60. The van der Waals surface area contributed by atoms with Gasteiger partial charge in [0.15, 0.2) is 11.6 Å². The molecule has 0 aliphatic carbocycles. The Kier molecular flexibility index (Phi) is 4.52. The largest absolute Gasteiger partial charge is 0.448 e. The highest BCUT2D eigenvalue weighted by molar-refractivity contribution is 6.02. The summed E-state index contributed by atoms with van der Waals surface area (Å²) in [6, 6.07) is 1.93. The lowest BCUT2D eigenvalue weighted by Gasteiger charge is -2.18. The minimum atomic E-state index is -4.52. The van der Waals surface area contributed by atoms with Crippen molar-refractivity contribution >= 4 is 11.6 Å². The summed E-state index contributed by atoms with van der Waals surface area (Å²) in [6.07, 6.45) is -0.806. The normalized spacial score (nSPS) is 16.1. The average Bonchev–Trinajstić information content (AvgIpc) is 3.05. The molecule has 3 heterocycles. The Morgan fingerprint density at radius 1 is 1.25 bits per heavy atom. The molecule has 1 aliphatic heterocycles. The zero-order valence-electron chi connectivity index (χ0n) is 12.5. The number of alkyl halides is 3. The molecule has 0 atom stereocenters. The molecular formula is C15H14F3N3O3. The molecule has 9 heteroatoms. The number of hydrogen-bond acceptors (Lipinski definition) is 5. The van der Waals surface area contributed by atoms with Gasteiger partial charge in [0.1, 0.15) is 12.0 Å². The molecule has 0 spiro atoms. The fraction of sp³-hybridized carbons (Fsp3) is 0.400. The molecule has 24 heavy (non-hydrogen) atoms. The van der Waals surface area contributed by atoms with Crippen molar-refractivity contribution in [1.82, 2.24) is 9.97 Å². The van der Waals surface area contributed by atoms with Crippen molar-refractivity contribution in [3.8, 4) is 0 Å². The summed E-state index contributed by atoms with van der Waals surface area (Å²) >= 11 is 0. The molecule has 1 amide bonds. The van der Waals surface area contributed by atoms with Crippen LogP contribution in [0.2, 0.25) is 0 Å². The van der Waals surface area contributed by atoms with Gasteiger partial charge in [-0.25, -0.2) is 9.97 Å². The molecule has 2 aromatic heterocycles. The summed E-state index contributed by atoms with van der Waals surface area (Å²) in [6.45, 7) is 1.23. The number of oxazole rings is 1. The van der Waals surface area contributed by atoms with E-state index < -0.39 is 17.8 Å². The van der Waals surface area contributed by atoms with Gasteiger partial charge in [-0.2, -0.15) is 13.2 Å². The zero-order chi connectivity index (χ0) is 17.2. The predicted molar refractivity (Wildman–Crippen MR) is 76.5 cm³/mol. The number of halogens is 3. The standard InChI is InChI=1S/C15H14F3N3O3/c16-15(17,18)12-2-1-10(7-19-12)20-13(22)11-8-24-14(21-11)9-3-5-23-6-4-9/h1-2,7-9H,3-6H2,(H,20,22). The summed E-state index contributed by atoms with van der Waals surface area (Å²) < 4.78 is 47.9. The number of pyridine rings is 1. The Balaban J connectivity index is 1.65. The van der Waals surface area contributed by atoms with Crippen molar-refractivity contribution in [2.24, 2.45) is 0 Å². The Hall–Kier alpha value is -2.42. The van der Waals surface area contributed by atoms with Gasteiger partial charge < -0.3 is 14.5 Å². The van der Waals surface area contributed by atoms with E-state index >= 15 is 0 Å². The minimum absolute atomic E-state index is 0.0661. The number of anilines is 1. The molecule has 0 unspecified atom stereocenters. The number of ether oxygens (including phenoxy) is 1. The van der Waals surface area contributed by atoms with E-state index in [-0.39, 0.29) is 17.3 Å². The van der Waals surface area contributed by atoms with Gasteiger partial charge in [0.25, 0.3) is 5.91 Å². The third kappa shape index (κ3) is 3.73. The van der Waals surface area contributed by atoms with Crippen LogP contribution in [0.4, 0.5) is 18.9 Å². The number of carbonyl (C=O) groups excluding carboxylic acids is 1. The zero-order valence-corrected chi connectivity index (χ0v) is 12.5. The fourth-order valence-electron chi connectivity index (χ4n) is 2.35. The molecule has 0 radical (unpaired) electrons. The number of nitrogens with one attached hydrogen (secondary N) is 1. The smallest absolute Gasteiger partial charge is 0.433 e. The van der Waals surface area contributed by atoms with Gasteiger partial charge in [0, 0.05) is 19.1 Å². The monoisotopic (exact) mass is 341 g/mol. The first kappa shape index (κ1) is 16.4. The molecule has 6 nitrogen and oxygen atoms in total. The van der Waals surface area contributed by atoms with E-state index in [1.54, 1.807) is 0 Å². The van der Waals surface area contributed by atoms with Crippen molar-refractivity contribution in [3.05, 3.63) is 41.9 Å². The number of hydrogen-bond donors (Lipinski definition) is 1. The van der Waals surface area contributed by atoms with Crippen LogP contribution < -0.4 is 5.32 Å². The number of carbonyl (C=O) groups is 1. The topological polar surface area (TPSA) is 77.2 Å². The maximum atomic E-state index is 12.4. The average molecular weight is 341 g/mol. The van der Waals surface area contributed by atoms with Gasteiger partial charge in [-0.3, -0.25) is 4.79 Å². The van der Waals surface area contributed by atoms with Gasteiger partial charge in [-0.1, -0.05) is 0 Å². The molecule has 0 aromatic carbocycles. The van der Waals surface area contributed by atoms with Gasteiger partial charge >= 0.3 is 6.18 Å². The summed E-state index contributed by atoms with van der Waals surface area (Å²) in [5.41, 5.74) is -0.816. The first-order chi connectivity index (χ1) is 11.4. The number of rotatable bonds is 3. The minimum Gasteiger partial charge on any atom is -0.448 e. The Labute approximate surface area is 135 Å². The highest BCUT2D eigenvalue weighted by Gasteiger charge is 2.32. The van der Waals surface area contributed by atoms with Crippen molar-refractivity contribution in [3.63, 3.8) is 0 Å². The Bertz CT molecular complexity index is 707. The molecule has 1 fully saturated rings. The third-order valence-corrected chi connectivity index (χ3v) is 3.64. The maximum Gasteiger partial charge on any atom is 0.433 e. The van der Waals surface area contributed by atoms with E-state index in [0.29, 0.717) is 19.1 Å². The summed E-state index contributed by atoms with van der Waals surface area (Å²) in [7, 11) is 0. The molecule has 1 N–H and O–H groups in total. The molecule has 3 rings (SSSR count). The summed E-state index contributed by atoms with van der Waals surface area (Å²) in [4.78, 5) is 19.5. The SMILES string of the molecule is O=C(Nc1ccc(C(F)(F)F)nc1)c1coc(C2CCOCC2)n1. The van der Waals surface area contributed by atoms with Crippen molar-refractivity contribution in [1.29, 1.82) is 0 Å². The predicted octanol–water partition coefficient (Wildman–Crippen LogP) is 3.23. The van der Waals surface area contributed by atoms with E-state index in [4.69, 9.17) is 9.15 Å². The van der Waals surface area contributed by atoms with Crippen LogP contribution in [0.3, 0.4) is 0 Å². The Morgan fingerprint density at radius 2 is 2.00 bits per heavy atom. The molecule has 0 bridgehead atoms. The summed E-state index contributed by atoms with van der Waals surface area (Å²) in [5.74, 6) is 0.000600. The second-order valence-electron chi connectivity index (χ2n) is 5.34. The molecule has 1 saturated heterocycles. The van der Waals surface area contributed by atoms with Crippen molar-refractivity contribution < 1.29 is 27.1 Å². The van der Waals surface area contributed by atoms with Crippen LogP contribution >= 0.6 is 0 Å². The van der Waals surface area contributed by atoms with Crippen LogP contribution in [-0.2, 0) is 10.9 Å². The van der Waals surface area contributed by atoms with Crippen molar-refractivity contribution in [2.45, 2.75) is 24.9 Å². The number of amides is 1. The molecular weight excluding hydrogens is 327 g/mol. The fourth-order valence-corrected chi connectivity index (χ4v) is 2.35. The molecule has 1 aliphatic rings. The van der Waals surface area contributed by atoms with Gasteiger partial charge in [0.05, 0.1) is 11.9 Å².